The van der Waals surface area contributed by atoms with Crippen LogP contribution in [0.25, 0.3) is 0 Å². The third-order valence-electron chi connectivity index (χ3n) is 2.70. The van der Waals surface area contributed by atoms with Crippen LogP contribution >= 0.6 is 23.2 Å². The molecule has 5 nitrogen and oxygen atoms in total. The molecule has 0 spiro atoms. The molecule has 0 fully saturated rings. The number of rotatable bonds is 4. The van der Waals surface area contributed by atoms with Gasteiger partial charge in [0.1, 0.15) is 6.61 Å². The molecule has 21 heavy (non-hydrogen) atoms. The zero-order valence-electron chi connectivity index (χ0n) is 10.6. The quantitative estimate of drug-likeness (QED) is 0.478. The lowest BCUT2D eigenvalue weighted by molar-refractivity contribution is -0.385. The van der Waals surface area contributed by atoms with Crippen LogP contribution in [-0.2, 0) is 11.3 Å². The Labute approximate surface area is 130 Å². The van der Waals surface area contributed by atoms with Gasteiger partial charge in [-0.15, -0.1) is 0 Å². The van der Waals surface area contributed by atoms with Crippen molar-refractivity contribution in [3.8, 4) is 0 Å². The van der Waals surface area contributed by atoms with Crippen molar-refractivity contribution in [1.29, 1.82) is 0 Å². The molecule has 0 radical (unpaired) electrons. The van der Waals surface area contributed by atoms with Crippen LogP contribution in [0.1, 0.15) is 15.9 Å². The van der Waals surface area contributed by atoms with Crippen molar-refractivity contribution in [2.24, 2.45) is 0 Å². The predicted octanol–water partition coefficient (Wildman–Crippen LogP) is 4.26. The molecule has 108 valence electrons. The minimum atomic E-state index is -0.671. The molecule has 0 bridgehead atoms. The van der Waals surface area contributed by atoms with Gasteiger partial charge in [-0.05, 0) is 24.3 Å². The summed E-state index contributed by atoms with van der Waals surface area (Å²) in [5, 5.41) is 11.4. The highest BCUT2D eigenvalue weighted by molar-refractivity contribution is 6.36. The number of hydrogen-bond acceptors (Lipinski definition) is 4. The number of nitrogens with zero attached hydrogens (tertiary/aromatic N) is 1. The summed E-state index contributed by atoms with van der Waals surface area (Å²) in [5.74, 6) is -0.671. The molecule has 2 aromatic rings. The molecule has 0 aliphatic rings. The molecular weight excluding hydrogens is 317 g/mol. The van der Waals surface area contributed by atoms with Crippen molar-refractivity contribution in [1.82, 2.24) is 0 Å². The number of esters is 1. The number of para-hydroxylation sites is 1. The first-order valence-electron chi connectivity index (χ1n) is 5.83. The molecule has 2 aromatic carbocycles. The summed E-state index contributed by atoms with van der Waals surface area (Å²) < 4.78 is 5.05. The van der Waals surface area contributed by atoms with Crippen LogP contribution < -0.4 is 0 Å². The summed E-state index contributed by atoms with van der Waals surface area (Å²) in [4.78, 5) is 22.2. The second kappa shape index (κ2) is 6.56. The Morgan fingerprint density at radius 1 is 1.19 bits per heavy atom. The molecule has 7 heteroatoms. The maximum Gasteiger partial charge on any atom is 0.339 e. The lowest BCUT2D eigenvalue weighted by Gasteiger charge is -2.07. The Bertz CT molecular complexity index is 703. The summed E-state index contributed by atoms with van der Waals surface area (Å²) in [6.07, 6.45) is 0. The van der Waals surface area contributed by atoms with Gasteiger partial charge in [0.25, 0.3) is 5.69 Å². The van der Waals surface area contributed by atoms with Gasteiger partial charge in [-0.3, -0.25) is 10.1 Å². The van der Waals surface area contributed by atoms with Gasteiger partial charge in [-0.2, -0.15) is 0 Å². The monoisotopic (exact) mass is 325 g/mol. The van der Waals surface area contributed by atoms with Gasteiger partial charge >= 0.3 is 5.97 Å². The van der Waals surface area contributed by atoms with E-state index in [1.165, 1.54) is 30.3 Å². The smallest absolute Gasteiger partial charge is 0.339 e. The number of carbonyl (C=O) groups excluding carboxylic acids is 1. The molecule has 0 saturated heterocycles. The molecule has 0 N–H and O–H groups in total. The second-order valence-electron chi connectivity index (χ2n) is 4.09. The Hall–Kier alpha value is -2.11. The summed E-state index contributed by atoms with van der Waals surface area (Å²) in [6, 6.07) is 10.4. The highest BCUT2D eigenvalue weighted by Gasteiger charge is 2.16. The van der Waals surface area contributed by atoms with E-state index in [2.05, 4.69) is 0 Å². The maximum absolute atomic E-state index is 11.9. The lowest BCUT2D eigenvalue weighted by Crippen LogP contribution is -2.07. The molecule has 0 saturated carbocycles. The Kier molecular flexibility index (Phi) is 4.77. The topological polar surface area (TPSA) is 69.4 Å². The number of nitro benzene ring substituents is 1. The third-order valence-corrected chi connectivity index (χ3v) is 3.25. The van der Waals surface area contributed by atoms with Gasteiger partial charge in [-0.25, -0.2) is 4.79 Å². The Balaban J connectivity index is 2.13. The number of benzene rings is 2. The first-order valence-corrected chi connectivity index (χ1v) is 6.59. The largest absolute Gasteiger partial charge is 0.457 e. The first kappa shape index (κ1) is 15.3. The first-order chi connectivity index (χ1) is 9.99. The molecule has 0 heterocycles. The SMILES string of the molecule is O=C(OCc1ccccc1[N+](=O)[O-])c1ccc(Cl)cc1Cl. The van der Waals surface area contributed by atoms with E-state index in [9.17, 15) is 14.9 Å². The minimum Gasteiger partial charge on any atom is -0.457 e. The van der Waals surface area contributed by atoms with Crippen molar-refractivity contribution < 1.29 is 14.5 Å². The number of nitro groups is 1. The maximum atomic E-state index is 11.9. The zero-order chi connectivity index (χ0) is 15.4. The molecule has 0 amide bonds. The Morgan fingerprint density at radius 2 is 1.90 bits per heavy atom. The van der Waals surface area contributed by atoms with Crippen LogP contribution in [0.15, 0.2) is 42.5 Å². The highest BCUT2D eigenvalue weighted by Crippen LogP contribution is 2.23. The molecule has 0 atom stereocenters. The second-order valence-corrected chi connectivity index (χ2v) is 4.93. The van der Waals surface area contributed by atoms with Gasteiger partial charge in [-0.1, -0.05) is 35.3 Å². The van der Waals surface area contributed by atoms with Gasteiger partial charge in [0.15, 0.2) is 0 Å². The highest BCUT2D eigenvalue weighted by atomic mass is 35.5. The number of ether oxygens (including phenoxy) is 1. The zero-order valence-corrected chi connectivity index (χ0v) is 12.1. The van der Waals surface area contributed by atoms with E-state index < -0.39 is 10.9 Å². The van der Waals surface area contributed by atoms with Gasteiger partial charge in [0.2, 0.25) is 0 Å². The van der Waals surface area contributed by atoms with Gasteiger partial charge in [0, 0.05) is 11.1 Å². The summed E-state index contributed by atoms with van der Waals surface area (Å²) in [6.45, 7) is -0.213. The molecular formula is C14H9Cl2NO4. The van der Waals surface area contributed by atoms with Crippen LogP contribution in [0.2, 0.25) is 10.0 Å². The van der Waals surface area contributed by atoms with Crippen LogP contribution in [0.4, 0.5) is 5.69 Å². The minimum absolute atomic E-state index is 0.104. The number of hydrogen-bond donors (Lipinski definition) is 0. The number of halogens is 2. The standard InChI is InChI=1S/C14H9Cl2NO4/c15-10-5-6-11(12(16)7-10)14(18)21-8-9-3-1-2-4-13(9)17(19)20/h1-7H,8H2. The Morgan fingerprint density at radius 3 is 2.57 bits per heavy atom. The van der Waals surface area contributed by atoms with Crippen molar-refractivity contribution in [3.05, 3.63) is 73.8 Å². The fourth-order valence-electron chi connectivity index (χ4n) is 1.69. The number of carbonyl (C=O) groups is 1. The molecule has 0 aliphatic carbocycles. The molecule has 2 rings (SSSR count). The van der Waals surface area contributed by atoms with E-state index in [1.807, 2.05) is 0 Å². The average Bonchev–Trinajstić information content (AvgIpc) is 2.45. The fraction of sp³-hybridized carbons (Fsp3) is 0.0714. The van der Waals surface area contributed by atoms with E-state index in [-0.39, 0.29) is 22.9 Å². The normalized spacial score (nSPS) is 10.2. The van der Waals surface area contributed by atoms with E-state index >= 15 is 0 Å². The van der Waals surface area contributed by atoms with Gasteiger partial charge in [0.05, 0.1) is 21.1 Å². The van der Waals surface area contributed by atoms with Crippen molar-refractivity contribution in [3.63, 3.8) is 0 Å². The summed E-state index contributed by atoms with van der Waals surface area (Å²) >= 11 is 11.6. The van der Waals surface area contributed by atoms with Crippen LogP contribution in [0, 0.1) is 10.1 Å². The van der Waals surface area contributed by atoms with E-state index in [1.54, 1.807) is 12.1 Å². The third kappa shape index (κ3) is 3.71. The summed E-state index contributed by atoms with van der Waals surface area (Å²) in [5.41, 5.74) is 0.355. The van der Waals surface area contributed by atoms with E-state index in [4.69, 9.17) is 27.9 Å². The summed E-state index contributed by atoms with van der Waals surface area (Å²) in [7, 11) is 0. The van der Waals surface area contributed by atoms with Crippen molar-refractivity contribution in [2.75, 3.05) is 0 Å². The molecule has 0 aromatic heterocycles. The van der Waals surface area contributed by atoms with Crippen LogP contribution in [0.3, 0.4) is 0 Å². The lowest BCUT2D eigenvalue weighted by atomic mass is 10.2. The molecule has 0 unspecified atom stereocenters. The molecule has 0 aliphatic heterocycles. The van der Waals surface area contributed by atoms with Gasteiger partial charge < -0.3 is 4.74 Å². The average molecular weight is 326 g/mol. The van der Waals surface area contributed by atoms with E-state index in [0.29, 0.717) is 10.6 Å². The van der Waals surface area contributed by atoms with Crippen molar-refractivity contribution >= 4 is 34.9 Å². The van der Waals surface area contributed by atoms with E-state index in [0.717, 1.165) is 0 Å². The predicted molar refractivity (Wildman–Crippen MR) is 78.7 cm³/mol. The van der Waals surface area contributed by atoms with Crippen LogP contribution in [0.5, 0.6) is 0 Å². The fourth-order valence-corrected chi connectivity index (χ4v) is 2.17. The van der Waals surface area contributed by atoms with Crippen molar-refractivity contribution in [2.45, 2.75) is 6.61 Å². The van der Waals surface area contributed by atoms with Crippen LogP contribution in [-0.4, -0.2) is 10.9 Å².